The van der Waals surface area contributed by atoms with Crippen LogP contribution < -0.4 is 0 Å². The van der Waals surface area contributed by atoms with Crippen molar-refractivity contribution in [1.29, 1.82) is 0 Å². The molecule has 1 aromatic rings. The smallest absolute Gasteiger partial charge is 0.236 e. The molecule has 2 aliphatic rings. The quantitative estimate of drug-likeness (QED) is 0.856. The minimum absolute atomic E-state index is 0.228. The summed E-state index contributed by atoms with van der Waals surface area (Å²) in [4.78, 5) is 16.5. The Morgan fingerprint density at radius 2 is 2.00 bits per heavy atom. The highest BCUT2D eigenvalue weighted by atomic mass is 35.5. The molecule has 2 fully saturated rings. The second-order valence-electron chi connectivity index (χ2n) is 5.74. The number of hydrogen-bond acceptors (Lipinski definition) is 3. The van der Waals surface area contributed by atoms with Gasteiger partial charge in [0.2, 0.25) is 5.91 Å². The number of carbonyl (C=O) groups is 1. The van der Waals surface area contributed by atoms with Crippen LogP contribution in [0.4, 0.5) is 0 Å². The number of amides is 1. The van der Waals surface area contributed by atoms with E-state index < -0.39 is 0 Å². The molecular formula is C16H21ClN2O2. The Labute approximate surface area is 130 Å². The zero-order valence-electron chi connectivity index (χ0n) is 12.1. The monoisotopic (exact) mass is 308 g/mol. The normalized spacial score (nSPS) is 23.5. The van der Waals surface area contributed by atoms with Crippen LogP contribution in [0.15, 0.2) is 24.3 Å². The highest BCUT2D eigenvalue weighted by Crippen LogP contribution is 2.31. The van der Waals surface area contributed by atoms with Crippen LogP contribution in [0.25, 0.3) is 0 Å². The van der Waals surface area contributed by atoms with Crippen LogP contribution >= 0.6 is 11.6 Å². The van der Waals surface area contributed by atoms with Gasteiger partial charge in [0.05, 0.1) is 19.8 Å². The highest BCUT2D eigenvalue weighted by molar-refractivity contribution is 6.31. The van der Waals surface area contributed by atoms with Crippen molar-refractivity contribution >= 4 is 17.5 Å². The summed E-state index contributed by atoms with van der Waals surface area (Å²) in [7, 11) is 0. The predicted molar refractivity (Wildman–Crippen MR) is 82.6 cm³/mol. The standard InChI is InChI=1S/C16H21ClN2O2/c17-15-4-2-1-3-14(15)13-5-6-19(11-13)16(20)12-18-7-9-21-10-8-18/h1-4,13H,5-12H2/t13-/m1/s1. The van der Waals surface area contributed by atoms with E-state index in [1.54, 1.807) is 0 Å². The minimum atomic E-state index is 0.228. The molecule has 5 heteroatoms. The van der Waals surface area contributed by atoms with Gasteiger partial charge < -0.3 is 9.64 Å². The number of carbonyl (C=O) groups excluding carboxylic acids is 1. The van der Waals surface area contributed by atoms with Crippen molar-refractivity contribution in [2.45, 2.75) is 12.3 Å². The largest absolute Gasteiger partial charge is 0.379 e. The van der Waals surface area contributed by atoms with E-state index in [2.05, 4.69) is 11.0 Å². The molecule has 0 aliphatic carbocycles. The van der Waals surface area contributed by atoms with Crippen LogP contribution in [-0.2, 0) is 9.53 Å². The zero-order valence-corrected chi connectivity index (χ0v) is 12.9. The second-order valence-corrected chi connectivity index (χ2v) is 6.14. The van der Waals surface area contributed by atoms with E-state index in [0.717, 1.165) is 50.8 Å². The molecule has 3 rings (SSSR count). The first-order chi connectivity index (χ1) is 10.2. The number of morpholine rings is 1. The molecule has 0 aromatic heterocycles. The number of likely N-dealkylation sites (tertiary alicyclic amines) is 1. The van der Waals surface area contributed by atoms with Crippen molar-refractivity contribution in [1.82, 2.24) is 9.80 Å². The summed E-state index contributed by atoms with van der Waals surface area (Å²) in [5.41, 5.74) is 1.17. The molecule has 1 amide bonds. The van der Waals surface area contributed by atoms with E-state index in [1.165, 1.54) is 5.56 Å². The van der Waals surface area contributed by atoms with E-state index in [4.69, 9.17) is 16.3 Å². The third kappa shape index (κ3) is 3.57. The SMILES string of the molecule is O=C(CN1CCOCC1)N1CC[C@@H](c2ccccc2Cl)C1. The van der Waals surface area contributed by atoms with Crippen molar-refractivity contribution in [2.75, 3.05) is 45.9 Å². The maximum atomic E-state index is 12.4. The molecule has 0 N–H and O–H groups in total. The second kappa shape index (κ2) is 6.77. The summed E-state index contributed by atoms with van der Waals surface area (Å²) in [6.07, 6.45) is 0.999. The number of halogens is 1. The maximum absolute atomic E-state index is 12.4. The first-order valence-electron chi connectivity index (χ1n) is 7.56. The van der Waals surface area contributed by atoms with Crippen molar-refractivity contribution in [3.05, 3.63) is 34.9 Å². The zero-order chi connectivity index (χ0) is 14.7. The summed E-state index contributed by atoms with van der Waals surface area (Å²) in [5, 5.41) is 0.810. The Kier molecular flexibility index (Phi) is 4.78. The molecule has 0 saturated carbocycles. The van der Waals surface area contributed by atoms with Crippen LogP contribution in [0.5, 0.6) is 0 Å². The van der Waals surface area contributed by atoms with Crippen molar-refractivity contribution in [3.63, 3.8) is 0 Å². The van der Waals surface area contributed by atoms with Crippen LogP contribution in [0.2, 0.25) is 5.02 Å². The molecule has 0 bridgehead atoms. The van der Waals surface area contributed by atoms with Crippen LogP contribution in [0, 0.1) is 0 Å². The Hall–Kier alpha value is -1.10. The molecule has 0 unspecified atom stereocenters. The van der Waals surface area contributed by atoms with Crippen molar-refractivity contribution in [2.24, 2.45) is 0 Å². The Morgan fingerprint density at radius 1 is 1.24 bits per heavy atom. The molecule has 1 atom stereocenters. The number of rotatable bonds is 3. The molecule has 4 nitrogen and oxygen atoms in total. The molecule has 114 valence electrons. The fourth-order valence-corrected chi connectivity index (χ4v) is 3.39. The Bertz CT molecular complexity index is 503. The number of benzene rings is 1. The van der Waals surface area contributed by atoms with Gasteiger partial charge in [-0.05, 0) is 18.1 Å². The number of nitrogens with zero attached hydrogens (tertiary/aromatic N) is 2. The first-order valence-corrected chi connectivity index (χ1v) is 7.94. The van der Waals surface area contributed by atoms with Gasteiger partial charge in [-0.15, -0.1) is 0 Å². The summed E-state index contributed by atoms with van der Waals surface area (Å²) in [6, 6.07) is 7.96. The molecule has 2 saturated heterocycles. The summed E-state index contributed by atoms with van der Waals surface area (Å²) in [6.45, 7) is 5.30. The lowest BCUT2D eigenvalue weighted by Crippen LogP contribution is -2.44. The molecule has 0 radical (unpaired) electrons. The molecular weight excluding hydrogens is 288 g/mol. The molecule has 2 aliphatic heterocycles. The lowest BCUT2D eigenvalue weighted by Gasteiger charge is -2.28. The lowest BCUT2D eigenvalue weighted by molar-refractivity contribution is -0.132. The number of ether oxygens (including phenoxy) is 1. The third-order valence-corrected chi connectivity index (χ3v) is 4.69. The first kappa shape index (κ1) is 14.8. The third-order valence-electron chi connectivity index (χ3n) is 4.35. The summed E-state index contributed by atoms with van der Waals surface area (Å²) in [5.74, 6) is 0.596. The molecule has 21 heavy (non-hydrogen) atoms. The van der Waals surface area contributed by atoms with Gasteiger partial charge >= 0.3 is 0 Å². The lowest BCUT2D eigenvalue weighted by atomic mass is 9.98. The van der Waals surface area contributed by atoms with Gasteiger partial charge in [0.25, 0.3) is 0 Å². The number of hydrogen-bond donors (Lipinski definition) is 0. The van der Waals surface area contributed by atoms with Gasteiger partial charge in [0.1, 0.15) is 0 Å². The van der Waals surface area contributed by atoms with Crippen molar-refractivity contribution < 1.29 is 9.53 Å². The summed E-state index contributed by atoms with van der Waals surface area (Å²) < 4.78 is 5.31. The van der Waals surface area contributed by atoms with E-state index in [0.29, 0.717) is 12.5 Å². The predicted octanol–water partition coefficient (Wildman–Crippen LogP) is 1.99. The fourth-order valence-electron chi connectivity index (χ4n) is 3.10. The molecule has 0 spiro atoms. The van der Waals surface area contributed by atoms with Gasteiger partial charge in [0, 0.05) is 37.1 Å². The highest BCUT2D eigenvalue weighted by Gasteiger charge is 2.29. The average molecular weight is 309 g/mol. The molecule has 1 aromatic carbocycles. The fraction of sp³-hybridized carbons (Fsp3) is 0.562. The van der Waals surface area contributed by atoms with Gasteiger partial charge in [-0.2, -0.15) is 0 Å². The average Bonchev–Trinajstić information content (AvgIpc) is 2.98. The summed E-state index contributed by atoms with van der Waals surface area (Å²) >= 11 is 6.26. The van der Waals surface area contributed by atoms with Crippen LogP contribution in [-0.4, -0.2) is 61.6 Å². The van der Waals surface area contributed by atoms with Crippen molar-refractivity contribution in [3.8, 4) is 0 Å². The van der Waals surface area contributed by atoms with E-state index >= 15 is 0 Å². The van der Waals surface area contributed by atoms with Gasteiger partial charge in [-0.1, -0.05) is 29.8 Å². The minimum Gasteiger partial charge on any atom is -0.379 e. The van der Waals surface area contributed by atoms with Gasteiger partial charge in [0.15, 0.2) is 0 Å². The van der Waals surface area contributed by atoms with E-state index in [1.807, 2.05) is 23.1 Å². The Balaban J connectivity index is 1.56. The molecule has 2 heterocycles. The topological polar surface area (TPSA) is 32.8 Å². The maximum Gasteiger partial charge on any atom is 0.236 e. The Morgan fingerprint density at radius 3 is 2.76 bits per heavy atom. The van der Waals surface area contributed by atoms with Gasteiger partial charge in [-0.25, -0.2) is 0 Å². The van der Waals surface area contributed by atoms with Gasteiger partial charge in [-0.3, -0.25) is 9.69 Å². The van der Waals surface area contributed by atoms with E-state index in [-0.39, 0.29) is 5.91 Å². The van der Waals surface area contributed by atoms with Crippen LogP contribution in [0.3, 0.4) is 0 Å². The van der Waals surface area contributed by atoms with E-state index in [9.17, 15) is 4.79 Å². The van der Waals surface area contributed by atoms with Crippen LogP contribution in [0.1, 0.15) is 17.9 Å².